The third-order valence-electron chi connectivity index (χ3n) is 3.55. The highest BCUT2D eigenvalue weighted by molar-refractivity contribution is 7.89. The third-order valence-corrected chi connectivity index (χ3v) is 5.00. The van der Waals surface area contributed by atoms with Gasteiger partial charge in [-0.1, -0.05) is 18.2 Å². The molecule has 0 spiro atoms. The van der Waals surface area contributed by atoms with Gasteiger partial charge in [-0.25, -0.2) is 22.3 Å². The summed E-state index contributed by atoms with van der Waals surface area (Å²) in [5, 5.41) is 0.506. The molecule has 0 atom stereocenters. The molecule has 0 aliphatic rings. The van der Waals surface area contributed by atoms with Gasteiger partial charge in [0.15, 0.2) is 0 Å². The first-order chi connectivity index (χ1) is 11.5. The second-order valence-corrected chi connectivity index (χ2v) is 6.96. The van der Waals surface area contributed by atoms with Gasteiger partial charge in [0.25, 0.3) is 0 Å². The van der Waals surface area contributed by atoms with E-state index < -0.39 is 15.6 Å². The van der Waals surface area contributed by atoms with Crippen molar-refractivity contribution >= 4 is 21.0 Å². The zero-order valence-corrected chi connectivity index (χ0v) is 13.3. The highest BCUT2D eigenvalue weighted by atomic mass is 32.2. The molecule has 0 aliphatic carbocycles. The number of sulfonamides is 1. The summed E-state index contributed by atoms with van der Waals surface area (Å²) < 4.78 is 45.6. The largest absolute Gasteiger partial charge is 0.423 e. The summed E-state index contributed by atoms with van der Waals surface area (Å²) in [6, 6.07) is 13.2. The monoisotopic (exact) mass is 347 g/mol. The number of hydrogen-bond donors (Lipinski definition) is 1. The van der Waals surface area contributed by atoms with E-state index in [9.17, 15) is 17.6 Å². The smallest absolute Gasteiger partial charge is 0.336 e. The van der Waals surface area contributed by atoms with Crippen LogP contribution in [-0.2, 0) is 16.4 Å². The Kier molecular flexibility index (Phi) is 4.46. The minimum Gasteiger partial charge on any atom is -0.423 e. The molecule has 5 nitrogen and oxygen atoms in total. The fourth-order valence-corrected chi connectivity index (χ4v) is 3.39. The van der Waals surface area contributed by atoms with Crippen LogP contribution in [-0.4, -0.2) is 15.0 Å². The topological polar surface area (TPSA) is 76.4 Å². The standard InChI is InChI=1S/C17H14FNO4S/c18-15-4-2-1-3-12(15)9-10-19-24(21,22)14-6-7-16-13(11-14)5-8-17(20)23-16/h1-8,11,19H,9-10H2. The third kappa shape index (κ3) is 3.52. The van der Waals surface area contributed by atoms with Crippen LogP contribution in [0, 0.1) is 5.82 Å². The van der Waals surface area contributed by atoms with E-state index in [2.05, 4.69) is 4.72 Å². The number of nitrogens with one attached hydrogen (secondary N) is 1. The second-order valence-electron chi connectivity index (χ2n) is 5.19. The Hall–Kier alpha value is -2.51. The lowest BCUT2D eigenvalue weighted by Gasteiger charge is -2.08. The maximum Gasteiger partial charge on any atom is 0.336 e. The molecule has 0 radical (unpaired) electrons. The van der Waals surface area contributed by atoms with Crippen molar-refractivity contribution in [2.24, 2.45) is 0 Å². The lowest BCUT2D eigenvalue weighted by atomic mass is 10.1. The van der Waals surface area contributed by atoms with Crippen LogP contribution in [0.5, 0.6) is 0 Å². The van der Waals surface area contributed by atoms with Gasteiger partial charge >= 0.3 is 5.63 Å². The molecule has 1 N–H and O–H groups in total. The Morgan fingerprint density at radius 1 is 1.04 bits per heavy atom. The lowest BCUT2D eigenvalue weighted by molar-refractivity contribution is 0.560. The summed E-state index contributed by atoms with van der Waals surface area (Å²) >= 11 is 0. The molecule has 24 heavy (non-hydrogen) atoms. The van der Waals surface area contributed by atoms with E-state index in [1.807, 2.05) is 0 Å². The van der Waals surface area contributed by atoms with Gasteiger partial charge in [-0.15, -0.1) is 0 Å². The average molecular weight is 347 g/mol. The molecular formula is C17H14FNO4S. The second kappa shape index (κ2) is 6.54. The van der Waals surface area contributed by atoms with E-state index in [1.54, 1.807) is 18.2 Å². The number of halogens is 1. The molecule has 0 bridgehead atoms. The van der Waals surface area contributed by atoms with Crippen LogP contribution in [0.25, 0.3) is 11.0 Å². The summed E-state index contributed by atoms with van der Waals surface area (Å²) in [6.07, 6.45) is 0.244. The predicted octanol–water partition coefficient (Wildman–Crippen LogP) is 2.45. The van der Waals surface area contributed by atoms with Crippen molar-refractivity contribution in [2.75, 3.05) is 6.54 Å². The van der Waals surface area contributed by atoms with E-state index in [0.29, 0.717) is 16.5 Å². The van der Waals surface area contributed by atoms with Gasteiger partial charge in [0.2, 0.25) is 10.0 Å². The van der Waals surface area contributed by atoms with Gasteiger partial charge in [0, 0.05) is 18.0 Å². The summed E-state index contributed by atoms with van der Waals surface area (Å²) in [5.74, 6) is -0.363. The van der Waals surface area contributed by atoms with E-state index in [0.717, 1.165) is 0 Å². The van der Waals surface area contributed by atoms with Crippen molar-refractivity contribution in [3.8, 4) is 0 Å². The van der Waals surface area contributed by atoms with Gasteiger partial charge in [-0.05, 0) is 42.3 Å². The van der Waals surface area contributed by atoms with Gasteiger partial charge < -0.3 is 4.42 Å². The molecule has 0 fully saturated rings. The Bertz CT molecular complexity index is 1040. The first-order valence-corrected chi connectivity index (χ1v) is 8.71. The predicted molar refractivity (Wildman–Crippen MR) is 87.8 cm³/mol. The van der Waals surface area contributed by atoms with Gasteiger partial charge in [0.05, 0.1) is 4.90 Å². The van der Waals surface area contributed by atoms with Crippen LogP contribution < -0.4 is 10.3 Å². The number of rotatable bonds is 5. The SMILES string of the molecule is O=c1ccc2cc(S(=O)(=O)NCCc3ccccc3F)ccc2o1. The Morgan fingerprint density at radius 3 is 2.62 bits per heavy atom. The molecule has 124 valence electrons. The molecule has 0 unspecified atom stereocenters. The van der Waals surface area contributed by atoms with Crippen molar-refractivity contribution < 1.29 is 17.2 Å². The van der Waals surface area contributed by atoms with Crippen molar-refractivity contribution in [3.05, 3.63) is 76.4 Å². The highest BCUT2D eigenvalue weighted by Crippen LogP contribution is 2.17. The fraction of sp³-hybridized carbons (Fsp3) is 0.118. The molecule has 1 heterocycles. The number of benzene rings is 2. The zero-order valence-electron chi connectivity index (χ0n) is 12.5. The first-order valence-electron chi connectivity index (χ1n) is 7.23. The van der Waals surface area contributed by atoms with Gasteiger partial charge in [-0.3, -0.25) is 0 Å². The molecule has 2 aromatic carbocycles. The van der Waals surface area contributed by atoms with Crippen molar-refractivity contribution in [3.63, 3.8) is 0 Å². The summed E-state index contributed by atoms with van der Waals surface area (Å²) in [4.78, 5) is 11.2. The Labute approximate surface area is 137 Å². The summed E-state index contributed by atoms with van der Waals surface area (Å²) in [7, 11) is -3.74. The Balaban J connectivity index is 1.77. The highest BCUT2D eigenvalue weighted by Gasteiger charge is 2.15. The minimum atomic E-state index is -3.74. The Morgan fingerprint density at radius 2 is 1.83 bits per heavy atom. The maximum atomic E-state index is 13.5. The van der Waals surface area contributed by atoms with Crippen LogP contribution >= 0.6 is 0 Å². The van der Waals surface area contributed by atoms with E-state index >= 15 is 0 Å². The first kappa shape index (κ1) is 16.4. The van der Waals surface area contributed by atoms with Gasteiger partial charge in [0.1, 0.15) is 11.4 Å². The van der Waals surface area contributed by atoms with Crippen molar-refractivity contribution in [1.82, 2.24) is 4.72 Å². The molecule has 0 aliphatic heterocycles. The van der Waals surface area contributed by atoms with Gasteiger partial charge in [-0.2, -0.15) is 0 Å². The molecule has 7 heteroatoms. The number of fused-ring (bicyclic) bond motifs is 1. The molecule has 3 rings (SSSR count). The fourth-order valence-electron chi connectivity index (χ4n) is 2.32. The molecule has 0 saturated carbocycles. The van der Waals surface area contributed by atoms with Crippen LogP contribution in [0.1, 0.15) is 5.56 Å². The molecule has 0 saturated heterocycles. The van der Waals surface area contributed by atoms with E-state index in [1.165, 1.54) is 36.4 Å². The average Bonchev–Trinajstić information content (AvgIpc) is 2.56. The quantitative estimate of drug-likeness (QED) is 0.719. The van der Waals surface area contributed by atoms with Crippen molar-refractivity contribution in [2.45, 2.75) is 11.3 Å². The molecule has 1 aromatic heterocycles. The van der Waals surface area contributed by atoms with E-state index in [4.69, 9.17) is 4.42 Å². The number of hydrogen-bond acceptors (Lipinski definition) is 4. The molecule has 0 amide bonds. The van der Waals surface area contributed by atoms with Crippen LogP contribution in [0.2, 0.25) is 0 Å². The lowest BCUT2D eigenvalue weighted by Crippen LogP contribution is -2.26. The summed E-state index contributed by atoms with van der Waals surface area (Å²) in [5.41, 5.74) is 0.259. The summed E-state index contributed by atoms with van der Waals surface area (Å²) in [6.45, 7) is 0.0746. The van der Waals surface area contributed by atoms with Crippen LogP contribution in [0.15, 0.2) is 68.7 Å². The van der Waals surface area contributed by atoms with Crippen molar-refractivity contribution in [1.29, 1.82) is 0 Å². The van der Waals surface area contributed by atoms with Crippen LogP contribution in [0.4, 0.5) is 4.39 Å². The van der Waals surface area contributed by atoms with Crippen LogP contribution in [0.3, 0.4) is 0 Å². The molecular weight excluding hydrogens is 333 g/mol. The normalized spacial score (nSPS) is 11.7. The maximum absolute atomic E-state index is 13.5. The zero-order chi connectivity index (χ0) is 17.2. The minimum absolute atomic E-state index is 0.0531. The molecule has 3 aromatic rings. The van der Waals surface area contributed by atoms with E-state index in [-0.39, 0.29) is 23.7 Å².